The van der Waals surface area contributed by atoms with Crippen LogP contribution in [0.3, 0.4) is 0 Å². The van der Waals surface area contributed by atoms with Crippen molar-refractivity contribution in [3.05, 3.63) is 12.7 Å². The summed E-state index contributed by atoms with van der Waals surface area (Å²) >= 11 is 0. The topological polar surface area (TPSA) is 26.3 Å². The Hall–Kier alpha value is -0.790. The lowest BCUT2D eigenvalue weighted by atomic mass is 10.3. The largest absolute Gasteiger partial charge is 0.469 e. The smallest absolute Gasteiger partial charge is 0.309 e. The van der Waals surface area contributed by atoms with Crippen LogP contribution in [0.25, 0.3) is 0 Å². The van der Waals surface area contributed by atoms with Crippen molar-refractivity contribution in [2.45, 2.75) is 6.42 Å². The number of methoxy groups -OCH3 is 1. The zero-order chi connectivity index (χ0) is 6.85. The molecular formula is C7H10O2. The Bertz CT molecular complexity index is 140. The van der Waals surface area contributed by atoms with Gasteiger partial charge in [-0.25, -0.2) is 0 Å². The molecule has 2 atom stereocenters. The molecule has 0 aliphatic heterocycles. The van der Waals surface area contributed by atoms with Crippen molar-refractivity contribution in [1.29, 1.82) is 0 Å². The highest BCUT2D eigenvalue weighted by molar-refractivity contribution is 5.75. The summed E-state index contributed by atoms with van der Waals surface area (Å²) in [6, 6.07) is 0. The van der Waals surface area contributed by atoms with Gasteiger partial charge in [0.15, 0.2) is 0 Å². The molecule has 0 aromatic rings. The Morgan fingerprint density at radius 3 is 2.89 bits per heavy atom. The van der Waals surface area contributed by atoms with Crippen LogP contribution in [-0.2, 0) is 9.53 Å². The minimum atomic E-state index is -0.0973. The Morgan fingerprint density at radius 1 is 1.89 bits per heavy atom. The second-order valence-electron chi connectivity index (χ2n) is 2.26. The van der Waals surface area contributed by atoms with E-state index in [1.165, 1.54) is 7.11 Å². The first kappa shape index (κ1) is 6.33. The summed E-state index contributed by atoms with van der Waals surface area (Å²) in [7, 11) is 1.42. The van der Waals surface area contributed by atoms with Crippen molar-refractivity contribution in [3.63, 3.8) is 0 Å². The van der Waals surface area contributed by atoms with Crippen LogP contribution in [0.4, 0.5) is 0 Å². The predicted octanol–water partition coefficient (Wildman–Crippen LogP) is 0.982. The van der Waals surface area contributed by atoms with Crippen LogP contribution in [-0.4, -0.2) is 13.1 Å². The quantitative estimate of drug-likeness (QED) is 0.407. The Balaban J connectivity index is 2.33. The molecule has 1 aliphatic rings. The molecular weight excluding hydrogens is 116 g/mol. The number of esters is 1. The first-order valence-corrected chi connectivity index (χ1v) is 3.00. The van der Waals surface area contributed by atoms with Crippen molar-refractivity contribution in [2.75, 3.05) is 7.11 Å². The monoisotopic (exact) mass is 126 g/mol. The maximum atomic E-state index is 10.7. The van der Waals surface area contributed by atoms with E-state index in [1.54, 1.807) is 0 Å². The molecule has 0 heterocycles. The number of ether oxygens (including phenoxy) is 1. The minimum absolute atomic E-state index is 0.0973. The molecule has 9 heavy (non-hydrogen) atoms. The molecule has 1 fully saturated rings. The van der Waals surface area contributed by atoms with Gasteiger partial charge in [0.05, 0.1) is 13.0 Å². The van der Waals surface area contributed by atoms with Crippen LogP contribution >= 0.6 is 0 Å². The van der Waals surface area contributed by atoms with Crippen molar-refractivity contribution in [1.82, 2.24) is 0 Å². The van der Waals surface area contributed by atoms with Gasteiger partial charge in [-0.05, 0) is 12.3 Å². The number of carbonyl (C=O) groups is 1. The van der Waals surface area contributed by atoms with Gasteiger partial charge in [-0.3, -0.25) is 4.79 Å². The van der Waals surface area contributed by atoms with Crippen molar-refractivity contribution in [3.8, 4) is 0 Å². The fraction of sp³-hybridized carbons (Fsp3) is 0.571. The van der Waals surface area contributed by atoms with E-state index in [0.29, 0.717) is 5.92 Å². The molecule has 0 amide bonds. The van der Waals surface area contributed by atoms with Crippen molar-refractivity contribution >= 4 is 5.97 Å². The molecule has 0 spiro atoms. The van der Waals surface area contributed by atoms with Crippen LogP contribution in [0.5, 0.6) is 0 Å². The molecule has 0 aromatic heterocycles. The highest BCUT2D eigenvalue weighted by atomic mass is 16.5. The Kier molecular flexibility index (Phi) is 1.56. The third-order valence-electron chi connectivity index (χ3n) is 1.65. The van der Waals surface area contributed by atoms with Gasteiger partial charge in [0.2, 0.25) is 0 Å². The van der Waals surface area contributed by atoms with Crippen molar-refractivity contribution < 1.29 is 9.53 Å². The zero-order valence-corrected chi connectivity index (χ0v) is 5.46. The SMILES string of the molecule is C=C[C@H]1C[C@@H]1C(=O)OC. The highest BCUT2D eigenvalue weighted by Gasteiger charge is 2.41. The Morgan fingerprint density at radius 2 is 2.56 bits per heavy atom. The van der Waals surface area contributed by atoms with Gasteiger partial charge in [-0.1, -0.05) is 6.08 Å². The highest BCUT2D eigenvalue weighted by Crippen LogP contribution is 2.39. The molecule has 0 saturated heterocycles. The zero-order valence-electron chi connectivity index (χ0n) is 5.46. The summed E-state index contributed by atoms with van der Waals surface area (Å²) in [4.78, 5) is 10.7. The van der Waals surface area contributed by atoms with Gasteiger partial charge in [0.1, 0.15) is 0 Å². The van der Waals surface area contributed by atoms with Gasteiger partial charge in [-0.2, -0.15) is 0 Å². The maximum Gasteiger partial charge on any atom is 0.309 e. The van der Waals surface area contributed by atoms with Crippen LogP contribution in [0.15, 0.2) is 12.7 Å². The van der Waals surface area contributed by atoms with Gasteiger partial charge < -0.3 is 4.74 Å². The number of hydrogen-bond donors (Lipinski definition) is 0. The van der Waals surface area contributed by atoms with Gasteiger partial charge >= 0.3 is 5.97 Å². The van der Waals surface area contributed by atoms with E-state index in [0.717, 1.165) is 6.42 Å². The molecule has 1 saturated carbocycles. The van der Waals surface area contributed by atoms with E-state index >= 15 is 0 Å². The summed E-state index contributed by atoms with van der Waals surface area (Å²) in [5.41, 5.74) is 0. The lowest BCUT2D eigenvalue weighted by Crippen LogP contribution is -2.03. The van der Waals surface area contributed by atoms with E-state index in [1.807, 2.05) is 6.08 Å². The van der Waals surface area contributed by atoms with Crippen LogP contribution < -0.4 is 0 Å². The van der Waals surface area contributed by atoms with Gasteiger partial charge in [-0.15, -0.1) is 6.58 Å². The predicted molar refractivity (Wildman–Crippen MR) is 33.8 cm³/mol. The third kappa shape index (κ3) is 1.12. The van der Waals surface area contributed by atoms with Crippen LogP contribution in [0.1, 0.15) is 6.42 Å². The number of allylic oxidation sites excluding steroid dienone is 1. The average molecular weight is 126 g/mol. The standard InChI is InChI=1S/C7H10O2/c1-3-5-4-6(5)7(8)9-2/h3,5-6H,1,4H2,2H3/t5-,6-/m0/s1. The second kappa shape index (κ2) is 2.21. The van der Waals surface area contributed by atoms with Crippen LogP contribution in [0.2, 0.25) is 0 Å². The molecule has 0 radical (unpaired) electrons. The lowest BCUT2D eigenvalue weighted by molar-refractivity contribution is -0.142. The molecule has 0 unspecified atom stereocenters. The summed E-state index contributed by atoms with van der Waals surface area (Å²) in [6.45, 7) is 3.58. The number of hydrogen-bond acceptors (Lipinski definition) is 2. The molecule has 0 N–H and O–H groups in total. The summed E-state index contributed by atoms with van der Waals surface area (Å²) in [6.07, 6.45) is 2.73. The molecule has 1 rings (SSSR count). The third-order valence-corrected chi connectivity index (χ3v) is 1.65. The molecule has 0 aromatic carbocycles. The van der Waals surface area contributed by atoms with E-state index in [2.05, 4.69) is 11.3 Å². The number of carbonyl (C=O) groups excluding carboxylic acids is 1. The summed E-state index contributed by atoms with van der Waals surface area (Å²) in [5.74, 6) is 0.407. The van der Waals surface area contributed by atoms with Crippen LogP contribution in [0, 0.1) is 11.8 Å². The summed E-state index contributed by atoms with van der Waals surface area (Å²) in [5, 5.41) is 0. The van der Waals surface area contributed by atoms with Gasteiger partial charge in [0.25, 0.3) is 0 Å². The minimum Gasteiger partial charge on any atom is -0.469 e. The van der Waals surface area contributed by atoms with E-state index in [9.17, 15) is 4.79 Å². The van der Waals surface area contributed by atoms with Gasteiger partial charge in [0, 0.05) is 0 Å². The van der Waals surface area contributed by atoms with E-state index < -0.39 is 0 Å². The number of rotatable bonds is 2. The molecule has 2 heteroatoms. The normalized spacial score (nSPS) is 31.2. The molecule has 0 bridgehead atoms. The first-order chi connectivity index (χ1) is 4.29. The fourth-order valence-corrected chi connectivity index (χ4v) is 0.898. The van der Waals surface area contributed by atoms with E-state index in [4.69, 9.17) is 0 Å². The maximum absolute atomic E-state index is 10.7. The first-order valence-electron chi connectivity index (χ1n) is 3.00. The molecule has 50 valence electrons. The molecule has 1 aliphatic carbocycles. The van der Waals surface area contributed by atoms with E-state index in [-0.39, 0.29) is 11.9 Å². The second-order valence-corrected chi connectivity index (χ2v) is 2.26. The lowest BCUT2D eigenvalue weighted by Gasteiger charge is -1.92. The summed E-state index contributed by atoms with van der Waals surface area (Å²) < 4.78 is 4.52. The van der Waals surface area contributed by atoms with Crippen molar-refractivity contribution in [2.24, 2.45) is 11.8 Å². The average Bonchev–Trinajstić information content (AvgIpc) is 2.64. The fourth-order valence-electron chi connectivity index (χ4n) is 0.898. The molecule has 2 nitrogen and oxygen atoms in total. The Labute approximate surface area is 54.5 Å².